The summed E-state index contributed by atoms with van der Waals surface area (Å²) in [7, 11) is 0. The van der Waals surface area contributed by atoms with Crippen molar-refractivity contribution in [1.29, 1.82) is 0 Å². The molecule has 0 aliphatic carbocycles. The Morgan fingerprint density at radius 2 is 2.18 bits per heavy atom. The maximum atomic E-state index is 12.0. The lowest BCUT2D eigenvalue weighted by molar-refractivity contribution is 0.193. The number of benzene rings is 1. The van der Waals surface area contributed by atoms with Gasteiger partial charge in [0.2, 0.25) is 0 Å². The molecule has 0 fully saturated rings. The number of nitrogens with one attached hydrogen (secondary N) is 1. The van der Waals surface area contributed by atoms with Crippen molar-refractivity contribution in [3.8, 4) is 0 Å². The molecular formula is C14H14ClN5O2. The molecule has 0 saturated heterocycles. The summed E-state index contributed by atoms with van der Waals surface area (Å²) < 4.78 is 1.53. The summed E-state index contributed by atoms with van der Waals surface area (Å²) >= 11 is 6.14. The molecule has 0 radical (unpaired) electrons. The molecule has 7 nitrogen and oxygen atoms in total. The van der Waals surface area contributed by atoms with Crippen LogP contribution in [0.1, 0.15) is 18.3 Å². The van der Waals surface area contributed by atoms with E-state index >= 15 is 0 Å². The van der Waals surface area contributed by atoms with Gasteiger partial charge in [0, 0.05) is 11.4 Å². The van der Waals surface area contributed by atoms with Gasteiger partial charge in [-0.15, -0.1) is 5.10 Å². The van der Waals surface area contributed by atoms with Crippen LogP contribution in [0.3, 0.4) is 0 Å². The van der Waals surface area contributed by atoms with Gasteiger partial charge in [0.1, 0.15) is 5.82 Å². The molecule has 22 heavy (non-hydrogen) atoms. The Hall–Kier alpha value is -2.25. The van der Waals surface area contributed by atoms with Crippen molar-refractivity contribution >= 4 is 22.8 Å². The highest BCUT2D eigenvalue weighted by molar-refractivity contribution is 6.31. The predicted octanol–water partition coefficient (Wildman–Crippen LogP) is 1.14. The number of aliphatic hydroxyl groups excluding tert-OH is 1. The quantitative estimate of drug-likeness (QED) is 0.751. The van der Waals surface area contributed by atoms with Gasteiger partial charge in [0.05, 0.1) is 12.6 Å². The summed E-state index contributed by atoms with van der Waals surface area (Å²) in [5.74, 6) is 0.398. The molecule has 3 aromatic rings. The Kier molecular flexibility index (Phi) is 3.91. The summed E-state index contributed by atoms with van der Waals surface area (Å²) in [5, 5.41) is 17.9. The van der Waals surface area contributed by atoms with Crippen LogP contribution in [0.25, 0.3) is 11.2 Å². The minimum absolute atomic E-state index is 0.168. The van der Waals surface area contributed by atoms with Gasteiger partial charge < -0.3 is 10.1 Å². The minimum Gasteiger partial charge on any atom is -0.393 e. The van der Waals surface area contributed by atoms with E-state index in [1.54, 1.807) is 13.0 Å². The average molecular weight is 320 g/mol. The Morgan fingerprint density at radius 3 is 2.91 bits per heavy atom. The van der Waals surface area contributed by atoms with Gasteiger partial charge in [-0.2, -0.15) is 0 Å². The van der Waals surface area contributed by atoms with E-state index in [9.17, 15) is 9.90 Å². The molecule has 1 atom stereocenters. The van der Waals surface area contributed by atoms with Crippen LogP contribution in [-0.2, 0) is 13.0 Å². The Balaban J connectivity index is 2.05. The first-order valence-corrected chi connectivity index (χ1v) is 7.16. The first-order valence-electron chi connectivity index (χ1n) is 6.78. The van der Waals surface area contributed by atoms with E-state index in [2.05, 4.69) is 20.3 Å². The third kappa shape index (κ3) is 2.86. The zero-order chi connectivity index (χ0) is 15.7. The first-order chi connectivity index (χ1) is 10.5. The lowest BCUT2D eigenvalue weighted by atomic mass is 10.2. The van der Waals surface area contributed by atoms with Crippen molar-refractivity contribution in [2.75, 3.05) is 0 Å². The molecule has 1 unspecified atom stereocenters. The summed E-state index contributed by atoms with van der Waals surface area (Å²) in [6.07, 6.45) is -0.351. The van der Waals surface area contributed by atoms with Gasteiger partial charge in [0.25, 0.3) is 5.56 Å². The van der Waals surface area contributed by atoms with Crippen LogP contribution in [0.15, 0.2) is 29.1 Å². The molecule has 0 bridgehead atoms. The van der Waals surface area contributed by atoms with E-state index in [1.165, 1.54) is 4.68 Å². The van der Waals surface area contributed by atoms with E-state index in [0.29, 0.717) is 23.0 Å². The van der Waals surface area contributed by atoms with E-state index in [4.69, 9.17) is 11.6 Å². The fourth-order valence-corrected chi connectivity index (χ4v) is 2.38. The third-order valence-electron chi connectivity index (χ3n) is 3.19. The van der Waals surface area contributed by atoms with Crippen LogP contribution in [0, 0.1) is 0 Å². The zero-order valence-electron chi connectivity index (χ0n) is 11.8. The maximum absolute atomic E-state index is 12.0. The second kappa shape index (κ2) is 5.86. The number of fused-ring (bicyclic) bond motifs is 1. The van der Waals surface area contributed by atoms with Crippen molar-refractivity contribution in [3.63, 3.8) is 0 Å². The van der Waals surface area contributed by atoms with Crippen LogP contribution in [0.4, 0.5) is 0 Å². The Labute approximate surface area is 130 Å². The molecule has 0 amide bonds. The number of hydrogen-bond donors (Lipinski definition) is 2. The van der Waals surface area contributed by atoms with Gasteiger partial charge in [-0.3, -0.25) is 4.79 Å². The topological polar surface area (TPSA) is 96.7 Å². The van der Waals surface area contributed by atoms with E-state index in [0.717, 1.165) is 5.56 Å². The number of aromatic nitrogens is 5. The lowest BCUT2D eigenvalue weighted by Crippen LogP contribution is -2.17. The maximum Gasteiger partial charge on any atom is 0.281 e. The smallest absolute Gasteiger partial charge is 0.281 e. The van der Waals surface area contributed by atoms with Crippen LogP contribution < -0.4 is 5.56 Å². The van der Waals surface area contributed by atoms with Crippen LogP contribution in [0.5, 0.6) is 0 Å². The van der Waals surface area contributed by atoms with Crippen LogP contribution in [-0.4, -0.2) is 36.2 Å². The molecule has 0 aliphatic heterocycles. The number of aliphatic hydroxyl groups is 1. The molecule has 3 rings (SSSR count). The molecule has 2 N–H and O–H groups in total. The van der Waals surface area contributed by atoms with Gasteiger partial charge in [-0.25, -0.2) is 9.67 Å². The van der Waals surface area contributed by atoms with Crippen molar-refractivity contribution in [3.05, 3.63) is 51.0 Å². The predicted molar refractivity (Wildman–Crippen MR) is 81.9 cm³/mol. The normalized spacial score (nSPS) is 12.7. The van der Waals surface area contributed by atoms with Crippen molar-refractivity contribution < 1.29 is 5.11 Å². The second-order valence-electron chi connectivity index (χ2n) is 5.08. The van der Waals surface area contributed by atoms with Gasteiger partial charge >= 0.3 is 0 Å². The molecule has 8 heteroatoms. The minimum atomic E-state index is -0.603. The number of H-pyrrole nitrogens is 1. The first kappa shape index (κ1) is 14.7. The Bertz CT molecular complexity index is 871. The molecular weight excluding hydrogens is 306 g/mol. The fraction of sp³-hybridized carbons (Fsp3) is 0.286. The second-order valence-corrected chi connectivity index (χ2v) is 5.48. The molecule has 2 aromatic heterocycles. The SMILES string of the molecule is CC(O)Cc1nc2c(nnn2Cc2ccccc2Cl)c(=O)[nH]1. The summed E-state index contributed by atoms with van der Waals surface area (Å²) in [6.45, 7) is 1.99. The van der Waals surface area contributed by atoms with Gasteiger partial charge in [-0.05, 0) is 18.6 Å². The third-order valence-corrected chi connectivity index (χ3v) is 3.56. The summed E-state index contributed by atoms with van der Waals surface area (Å²) in [4.78, 5) is 18.9. The highest BCUT2D eigenvalue weighted by Gasteiger charge is 2.14. The lowest BCUT2D eigenvalue weighted by Gasteiger charge is -2.06. The summed E-state index contributed by atoms with van der Waals surface area (Å²) in [5.41, 5.74) is 1.03. The molecule has 0 aliphatic rings. The van der Waals surface area contributed by atoms with Crippen LogP contribution >= 0.6 is 11.6 Å². The largest absolute Gasteiger partial charge is 0.393 e. The van der Waals surface area contributed by atoms with E-state index < -0.39 is 6.10 Å². The van der Waals surface area contributed by atoms with Crippen molar-refractivity contribution in [2.24, 2.45) is 0 Å². The average Bonchev–Trinajstić information content (AvgIpc) is 2.84. The molecule has 0 spiro atoms. The number of nitrogens with zero attached hydrogens (tertiary/aromatic N) is 4. The van der Waals surface area contributed by atoms with Gasteiger partial charge in [0.15, 0.2) is 11.2 Å². The molecule has 1 aromatic carbocycles. The van der Waals surface area contributed by atoms with Gasteiger partial charge in [-0.1, -0.05) is 35.0 Å². The molecule has 0 saturated carbocycles. The van der Waals surface area contributed by atoms with Crippen molar-refractivity contribution in [2.45, 2.75) is 26.0 Å². The highest BCUT2D eigenvalue weighted by atomic mass is 35.5. The van der Waals surface area contributed by atoms with Crippen molar-refractivity contribution in [1.82, 2.24) is 25.0 Å². The fourth-order valence-electron chi connectivity index (χ4n) is 2.18. The number of halogens is 1. The van der Waals surface area contributed by atoms with E-state index in [1.807, 2.05) is 18.2 Å². The molecule has 114 valence electrons. The number of hydrogen-bond acceptors (Lipinski definition) is 5. The molecule has 2 heterocycles. The highest BCUT2D eigenvalue weighted by Crippen LogP contribution is 2.17. The standard InChI is InChI=1S/C14H14ClN5O2/c1-8(21)6-11-16-13-12(14(22)17-11)18-19-20(13)7-9-4-2-3-5-10(9)15/h2-5,8,21H,6-7H2,1H3,(H,16,17,22). The van der Waals surface area contributed by atoms with E-state index in [-0.39, 0.29) is 17.5 Å². The number of rotatable bonds is 4. The summed E-state index contributed by atoms with van der Waals surface area (Å²) in [6, 6.07) is 7.38. The monoisotopic (exact) mass is 319 g/mol. The van der Waals surface area contributed by atoms with Crippen LogP contribution in [0.2, 0.25) is 5.02 Å². The zero-order valence-corrected chi connectivity index (χ0v) is 12.6. The Morgan fingerprint density at radius 1 is 1.41 bits per heavy atom. The number of aromatic amines is 1.